The number of nitrogens with one attached hydrogen (secondary N) is 1. The topological polar surface area (TPSA) is 24.9 Å². The fraction of sp³-hybridized carbons (Fsp3) is 0.154. The molecular weight excluding hydrogens is 222 g/mol. The molecule has 2 nitrogen and oxygen atoms in total. The van der Waals surface area contributed by atoms with E-state index in [0.29, 0.717) is 12.2 Å². The lowest BCUT2D eigenvalue weighted by molar-refractivity contribution is 0.584. The second-order valence-corrected chi connectivity index (χ2v) is 3.78. The van der Waals surface area contributed by atoms with E-state index >= 15 is 0 Å². The maximum atomic E-state index is 12.9. The molecule has 88 valence electrons. The second kappa shape index (κ2) is 4.91. The molecule has 1 aromatic heterocycles. The van der Waals surface area contributed by atoms with Crippen LogP contribution in [0, 0.1) is 18.6 Å². The molecule has 0 aliphatic heterocycles. The first-order valence-electron chi connectivity index (χ1n) is 5.26. The smallest absolute Gasteiger partial charge is 0.128 e. The Morgan fingerprint density at radius 1 is 1.12 bits per heavy atom. The summed E-state index contributed by atoms with van der Waals surface area (Å²) in [4.78, 5) is 4.28. The highest BCUT2D eigenvalue weighted by atomic mass is 19.1. The first kappa shape index (κ1) is 11.5. The molecule has 1 heterocycles. The van der Waals surface area contributed by atoms with Gasteiger partial charge in [0.2, 0.25) is 0 Å². The molecular formula is C13H12F2N2. The molecule has 1 aromatic carbocycles. The summed E-state index contributed by atoms with van der Waals surface area (Å²) in [7, 11) is 0. The van der Waals surface area contributed by atoms with E-state index < -0.39 is 11.6 Å². The van der Waals surface area contributed by atoms with Crippen molar-refractivity contribution in [3.63, 3.8) is 0 Å². The average molecular weight is 234 g/mol. The molecule has 0 spiro atoms. The van der Waals surface area contributed by atoms with Gasteiger partial charge >= 0.3 is 0 Å². The van der Waals surface area contributed by atoms with Crippen molar-refractivity contribution in [2.75, 3.05) is 5.32 Å². The standard InChI is InChI=1S/C13H12F2N2/c1-9-3-2-4-12(17-9)8-16-13-6-10(14)5-11(15)7-13/h2-7,16H,8H2,1H3. The van der Waals surface area contributed by atoms with E-state index in [9.17, 15) is 8.78 Å². The lowest BCUT2D eigenvalue weighted by Gasteiger charge is -2.06. The average Bonchev–Trinajstić information content (AvgIpc) is 2.25. The SMILES string of the molecule is Cc1cccc(CNc2cc(F)cc(F)c2)n1. The number of rotatable bonds is 3. The molecule has 2 aromatic rings. The van der Waals surface area contributed by atoms with Crippen LogP contribution in [-0.4, -0.2) is 4.98 Å². The van der Waals surface area contributed by atoms with Gasteiger partial charge in [0.15, 0.2) is 0 Å². The van der Waals surface area contributed by atoms with Crippen LogP contribution in [0.25, 0.3) is 0 Å². The number of benzene rings is 1. The maximum Gasteiger partial charge on any atom is 0.128 e. The van der Waals surface area contributed by atoms with Crippen LogP contribution >= 0.6 is 0 Å². The summed E-state index contributed by atoms with van der Waals surface area (Å²) >= 11 is 0. The molecule has 0 amide bonds. The Labute approximate surface area is 98.3 Å². The van der Waals surface area contributed by atoms with Crippen LogP contribution in [0.4, 0.5) is 14.5 Å². The van der Waals surface area contributed by atoms with E-state index in [2.05, 4.69) is 10.3 Å². The molecule has 2 rings (SSSR count). The molecule has 0 saturated heterocycles. The van der Waals surface area contributed by atoms with Gasteiger partial charge in [0.1, 0.15) is 11.6 Å². The molecule has 0 unspecified atom stereocenters. The van der Waals surface area contributed by atoms with E-state index in [0.717, 1.165) is 17.5 Å². The quantitative estimate of drug-likeness (QED) is 0.881. The number of anilines is 1. The molecule has 4 heteroatoms. The largest absolute Gasteiger partial charge is 0.379 e. The summed E-state index contributed by atoms with van der Waals surface area (Å²) in [6, 6.07) is 8.99. The highest BCUT2D eigenvalue weighted by molar-refractivity contribution is 5.43. The van der Waals surface area contributed by atoms with Gasteiger partial charge in [-0.25, -0.2) is 8.78 Å². The first-order chi connectivity index (χ1) is 8.13. The van der Waals surface area contributed by atoms with E-state index in [4.69, 9.17) is 0 Å². The van der Waals surface area contributed by atoms with Crippen molar-refractivity contribution in [2.24, 2.45) is 0 Å². The van der Waals surface area contributed by atoms with Crippen molar-refractivity contribution in [1.29, 1.82) is 0 Å². The van der Waals surface area contributed by atoms with Crippen LogP contribution < -0.4 is 5.32 Å². The second-order valence-electron chi connectivity index (χ2n) is 3.78. The number of pyridine rings is 1. The Balaban J connectivity index is 2.07. The third-order valence-corrected chi connectivity index (χ3v) is 2.28. The Hall–Kier alpha value is -1.97. The molecule has 17 heavy (non-hydrogen) atoms. The van der Waals surface area contributed by atoms with Crippen molar-refractivity contribution in [2.45, 2.75) is 13.5 Å². The molecule has 0 bridgehead atoms. The van der Waals surface area contributed by atoms with Crippen molar-refractivity contribution < 1.29 is 8.78 Å². The molecule has 0 atom stereocenters. The monoisotopic (exact) mass is 234 g/mol. The van der Waals surface area contributed by atoms with Gasteiger partial charge in [-0.15, -0.1) is 0 Å². The van der Waals surface area contributed by atoms with Crippen LogP contribution in [0.15, 0.2) is 36.4 Å². The normalized spacial score (nSPS) is 10.3. The van der Waals surface area contributed by atoms with E-state index in [1.165, 1.54) is 12.1 Å². The van der Waals surface area contributed by atoms with Gasteiger partial charge in [-0.1, -0.05) is 6.07 Å². The lowest BCUT2D eigenvalue weighted by Crippen LogP contribution is -2.02. The summed E-state index contributed by atoms with van der Waals surface area (Å²) in [5.41, 5.74) is 2.15. The Morgan fingerprint density at radius 2 is 1.82 bits per heavy atom. The first-order valence-corrected chi connectivity index (χ1v) is 5.26. The van der Waals surface area contributed by atoms with Gasteiger partial charge in [-0.3, -0.25) is 4.98 Å². The molecule has 0 saturated carbocycles. The third-order valence-electron chi connectivity index (χ3n) is 2.28. The zero-order chi connectivity index (χ0) is 12.3. The summed E-state index contributed by atoms with van der Waals surface area (Å²) in [5.74, 6) is -1.19. The van der Waals surface area contributed by atoms with Crippen molar-refractivity contribution >= 4 is 5.69 Å². The third kappa shape index (κ3) is 3.24. The molecule has 1 N–H and O–H groups in total. The van der Waals surface area contributed by atoms with E-state index in [-0.39, 0.29) is 0 Å². The fourth-order valence-electron chi connectivity index (χ4n) is 1.55. The summed E-state index contributed by atoms with van der Waals surface area (Å²) in [6.45, 7) is 2.33. The van der Waals surface area contributed by atoms with Crippen LogP contribution in [0.2, 0.25) is 0 Å². The van der Waals surface area contributed by atoms with Crippen LogP contribution in [0.3, 0.4) is 0 Å². The highest BCUT2D eigenvalue weighted by Gasteiger charge is 2.01. The van der Waals surface area contributed by atoms with Crippen LogP contribution in [-0.2, 0) is 6.54 Å². The summed E-state index contributed by atoms with van der Waals surface area (Å²) < 4.78 is 25.8. The molecule has 0 radical (unpaired) electrons. The molecule has 0 aliphatic carbocycles. The van der Waals surface area contributed by atoms with Gasteiger partial charge in [0, 0.05) is 17.4 Å². The predicted octanol–water partition coefficient (Wildman–Crippen LogP) is 3.28. The number of hydrogen-bond acceptors (Lipinski definition) is 2. The lowest BCUT2D eigenvalue weighted by atomic mass is 10.2. The summed E-state index contributed by atoms with van der Waals surface area (Å²) in [5, 5.41) is 2.93. The predicted molar refractivity (Wildman–Crippen MR) is 62.7 cm³/mol. The maximum absolute atomic E-state index is 12.9. The Morgan fingerprint density at radius 3 is 2.47 bits per heavy atom. The Kier molecular flexibility index (Phi) is 3.32. The van der Waals surface area contributed by atoms with Crippen molar-refractivity contribution in [3.8, 4) is 0 Å². The zero-order valence-corrected chi connectivity index (χ0v) is 9.37. The van der Waals surface area contributed by atoms with Gasteiger partial charge in [-0.2, -0.15) is 0 Å². The van der Waals surface area contributed by atoms with Crippen molar-refractivity contribution in [1.82, 2.24) is 4.98 Å². The van der Waals surface area contributed by atoms with Crippen LogP contribution in [0.1, 0.15) is 11.4 Å². The van der Waals surface area contributed by atoms with E-state index in [1.807, 2.05) is 25.1 Å². The summed E-state index contributed by atoms with van der Waals surface area (Å²) in [6.07, 6.45) is 0. The Bertz CT molecular complexity index is 506. The highest BCUT2D eigenvalue weighted by Crippen LogP contribution is 2.13. The minimum atomic E-state index is -0.593. The number of hydrogen-bond donors (Lipinski definition) is 1. The number of aromatic nitrogens is 1. The minimum absolute atomic E-state index is 0.408. The van der Waals surface area contributed by atoms with Crippen molar-refractivity contribution in [3.05, 3.63) is 59.4 Å². The zero-order valence-electron chi connectivity index (χ0n) is 9.37. The number of aryl methyl sites for hydroxylation is 1. The van der Waals surface area contributed by atoms with Gasteiger partial charge in [0.25, 0.3) is 0 Å². The molecule has 0 aliphatic rings. The molecule has 0 fully saturated rings. The van der Waals surface area contributed by atoms with Gasteiger partial charge in [0.05, 0.1) is 12.2 Å². The fourth-order valence-corrected chi connectivity index (χ4v) is 1.55. The minimum Gasteiger partial charge on any atom is -0.379 e. The van der Waals surface area contributed by atoms with Gasteiger partial charge in [-0.05, 0) is 31.2 Å². The van der Waals surface area contributed by atoms with Crippen LogP contribution in [0.5, 0.6) is 0 Å². The van der Waals surface area contributed by atoms with E-state index in [1.54, 1.807) is 0 Å². The van der Waals surface area contributed by atoms with Gasteiger partial charge < -0.3 is 5.32 Å². The number of halogens is 2. The number of nitrogens with zero attached hydrogens (tertiary/aromatic N) is 1.